The fourth-order valence-electron chi connectivity index (χ4n) is 4.61. The number of aryl methyl sites for hydroxylation is 1. The van der Waals surface area contributed by atoms with Crippen LogP contribution in [0.15, 0.2) is 29.3 Å². The van der Waals surface area contributed by atoms with Crippen molar-refractivity contribution in [3.05, 3.63) is 35.4 Å². The molecule has 2 fully saturated rings. The summed E-state index contributed by atoms with van der Waals surface area (Å²) < 4.78 is 11.4. The minimum Gasteiger partial charge on any atom is -0.385 e. The molecule has 0 radical (unpaired) electrons. The normalized spacial score (nSPS) is 22.9. The van der Waals surface area contributed by atoms with Crippen LogP contribution in [-0.4, -0.2) is 69.9 Å². The molecule has 0 bridgehead atoms. The van der Waals surface area contributed by atoms with E-state index in [1.54, 1.807) is 7.11 Å². The first-order chi connectivity index (χ1) is 15.2. The van der Waals surface area contributed by atoms with Crippen molar-refractivity contribution in [1.82, 2.24) is 15.5 Å². The summed E-state index contributed by atoms with van der Waals surface area (Å²) in [6, 6.07) is 9.28. The summed E-state index contributed by atoms with van der Waals surface area (Å²) >= 11 is 0. The third-order valence-electron chi connectivity index (χ3n) is 6.43. The first-order valence-corrected chi connectivity index (χ1v) is 12.1. The minimum absolute atomic E-state index is 0. The van der Waals surface area contributed by atoms with E-state index in [-0.39, 0.29) is 30.1 Å². The molecule has 182 valence electrons. The number of methoxy groups -OCH3 is 1. The maximum atomic E-state index is 6.19. The predicted octanol–water partition coefficient (Wildman–Crippen LogP) is 4.14. The van der Waals surface area contributed by atoms with Gasteiger partial charge in [0.2, 0.25) is 0 Å². The second-order valence-corrected chi connectivity index (χ2v) is 8.93. The average Bonchev–Trinajstić information content (AvgIpc) is 2.80. The highest BCUT2D eigenvalue weighted by Crippen LogP contribution is 2.34. The lowest BCUT2D eigenvalue weighted by molar-refractivity contribution is -0.0250. The third-order valence-corrected chi connectivity index (χ3v) is 6.43. The number of nitrogens with one attached hydrogen (secondary N) is 2. The molecule has 2 aliphatic heterocycles. The summed E-state index contributed by atoms with van der Waals surface area (Å²) in [6.07, 6.45) is 5.88. The highest BCUT2D eigenvalue weighted by atomic mass is 127. The van der Waals surface area contributed by atoms with Crippen molar-refractivity contribution in [3.8, 4) is 0 Å². The lowest BCUT2D eigenvalue weighted by Crippen LogP contribution is -2.49. The van der Waals surface area contributed by atoms with Crippen LogP contribution in [0, 0.1) is 12.8 Å². The van der Waals surface area contributed by atoms with E-state index in [0.29, 0.717) is 12.0 Å². The molecule has 0 amide bonds. The summed E-state index contributed by atoms with van der Waals surface area (Å²) in [6.45, 7) is 11.1. The van der Waals surface area contributed by atoms with Crippen LogP contribution in [0.3, 0.4) is 0 Å². The zero-order valence-corrected chi connectivity index (χ0v) is 22.5. The molecule has 2 atom stereocenters. The Morgan fingerprint density at radius 3 is 2.62 bits per heavy atom. The van der Waals surface area contributed by atoms with Crippen molar-refractivity contribution in [2.24, 2.45) is 10.9 Å². The SMILES string of the molecule is CCNC(=NCC1CCCOC1c1ccc(C)cc1)NC1CCN(CCCOC)CC1.I. The van der Waals surface area contributed by atoms with Crippen LogP contribution >= 0.6 is 24.0 Å². The highest BCUT2D eigenvalue weighted by molar-refractivity contribution is 14.0. The van der Waals surface area contributed by atoms with Gasteiger partial charge in [-0.15, -0.1) is 24.0 Å². The van der Waals surface area contributed by atoms with Gasteiger partial charge in [-0.05, 0) is 51.5 Å². The number of guanidine groups is 1. The number of halogens is 1. The van der Waals surface area contributed by atoms with Crippen LogP contribution in [0.1, 0.15) is 56.3 Å². The molecule has 2 aliphatic rings. The molecule has 1 aromatic carbocycles. The summed E-state index contributed by atoms with van der Waals surface area (Å²) in [7, 11) is 1.78. The second-order valence-electron chi connectivity index (χ2n) is 8.93. The molecule has 2 heterocycles. The molecule has 0 saturated carbocycles. The molecule has 2 unspecified atom stereocenters. The number of nitrogens with zero attached hydrogens (tertiary/aromatic N) is 2. The van der Waals surface area contributed by atoms with E-state index >= 15 is 0 Å². The van der Waals surface area contributed by atoms with Gasteiger partial charge >= 0.3 is 0 Å². The minimum atomic E-state index is 0. The fourth-order valence-corrected chi connectivity index (χ4v) is 4.61. The zero-order chi connectivity index (χ0) is 21.9. The van der Waals surface area contributed by atoms with E-state index in [1.807, 2.05) is 0 Å². The van der Waals surface area contributed by atoms with Crippen LogP contribution in [0.5, 0.6) is 0 Å². The standard InChI is InChI=1S/C25H42N4O2.HI/c1-4-26-25(28-23-12-15-29(16-13-23)14-6-17-30-3)27-19-22-7-5-18-31-24(22)21-10-8-20(2)9-11-21;/h8-11,22-24H,4-7,12-19H2,1-3H3,(H2,26,27,28);1H. The van der Waals surface area contributed by atoms with E-state index in [0.717, 1.165) is 77.6 Å². The lowest BCUT2D eigenvalue weighted by Gasteiger charge is -2.33. The molecule has 2 saturated heterocycles. The van der Waals surface area contributed by atoms with Crippen molar-refractivity contribution in [3.63, 3.8) is 0 Å². The Labute approximate surface area is 211 Å². The maximum absolute atomic E-state index is 6.19. The Bertz CT molecular complexity index is 662. The van der Waals surface area contributed by atoms with Crippen molar-refractivity contribution in [2.45, 2.75) is 58.1 Å². The maximum Gasteiger partial charge on any atom is 0.191 e. The van der Waals surface area contributed by atoms with Crippen molar-refractivity contribution in [1.29, 1.82) is 0 Å². The Kier molecular flexibility index (Phi) is 12.9. The van der Waals surface area contributed by atoms with Crippen LogP contribution in [0.4, 0.5) is 0 Å². The molecule has 1 aromatic rings. The number of hydrogen-bond donors (Lipinski definition) is 2. The van der Waals surface area contributed by atoms with Crippen molar-refractivity contribution in [2.75, 3.05) is 53.0 Å². The van der Waals surface area contributed by atoms with Crippen molar-refractivity contribution >= 4 is 29.9 Å². The Balaban J connectivity index is 0.00000363. The molecule has 0 aliphatic carbocycles. The molecule has 2 N–H and O–H groups in total. The van der Waals surface area contributed by atoms with Gasteiger partial charge in [0.25, 0.3) is 0 Å². The van der Waals surface area contributed by atoms with Gasteiger partial charge in [0.15, 0.2) is 5.96 Å². The quantitative estimate of drug-likeness (QED) is 0.207. The van der Waals surface area contributed by atoms with E-state index in [4.69, 9.17) is 14.5 Å². The van der Waals surface area contributed by atoms with Gasteiger partial charge in [-0.2, -0.15) is 0 Å². The fraction of sp³-hybridized carbons (Fsp3) is 0.720. The monoisotopic (exact) mass is 558 g/mol. The van der Waals surface area contributed by atoms with Crippen LogP contribution < -0.4 is 10.6 Å². The van der Waals surface area contributed by atoms with Gasteiger partial charge in [0.1, 0.15) is 0 Å². The van der Waals surface area contributed by atoms with Gasteiger partial charge in [-0.25, -0.2) is 0 Å². The van der Waals surface area contributed by atoms with E-state index in [2.05, 4.69) is 53.6 Å². The Morgan fingerprint density at radius 1 is 1.19 bits per heavy atom. The van der Waals surface area contributed by atoms with Gasteiger partial charge < -0.3 is 25.0 Å². The zero-order valence-electron chi connectivity index (χ0n) is 20.1. The molecule has 6 nitrogen and oxygen atoms in total. The number of ether oxygens (including phenoxy) is 2. The highest BCUT2D eigenvalue weighted by Gasteiger charge is 2.27. The second kappa shape index (κ2) is 15.1. The number of aliphatic imine (C=N–C) groups is 1. The molecule has 7 heteroatoms. The predicted molar refractivity (Wildman–Crippen MR) is 143 cm³/mol. The molecular formula is C25H43IN4O2. The van der Waals surface area contributed by atoms with Crippen LogP contribution in [0.25, 0.3) is 0 Å². The Hall–Kier alpha value is -0.900. The summed E-state index contributed by atoms with van der Waals surface area (Å²) in [5, 5.41) is 7.15. The molecule has 0 aromatic heterocycles. The largest absolute Gasteiger partial charge is 0.385 e. The molecule has 0 spiro atoms. The van der Waals surface area contributed by atoms with Gasteiger partial charge in [0.05, 0.1) is 6.10 Å². The molecule has 3 rings (SSSR count). The van der Waals surface area contributed by atoms with Crippen LogP contribution in [0.2, 0.25) is 0 Å². The van der Waals surface area contributed by atoms with Crippen molar-refractivity contribution < 1.29 is 9.47 Å². The summed E-state index contributed by atoms with van der Waals surface area (Å²) in [5.41, 5.74) is 2.57. The summed E-state index contributed by atoms with van der Waals surface area (Å²) in [4.78, 5) is 7.54. The number of hydrogen-bond acceptors (Lipinski definition) is 4. The topological polar surface area (TPSA) is 58.1 Å². The average molecular weight is 559 g/mol. The first-order valence-electron chi connectivity index (χ1n) is 12.1. The number of likely N-dealkylation sites (tertiary alicyclic amines) is 1. The smallest absolute Gasteiger partial charge is 0.191 e. The summed E-state index contributed by atoms with van der Waals surface area (Å²) in [5.74, 6) is 1.38. The molecule has 32 heavy (non-hydrogen) atoms. The lowest BCUT2D eigenvalue weighted by atomic mass is 9.89. The molecular weight excluding hydrogens is 515 g/mol. The van der Waals surface area contributed by atoms with E-state index in [1.165, 1.54) is 17.5 Å². The third kappa shape index (κ3) is 8.80. The van der Waals surface area contributed by atoms with Gasteiger partial charge in [0, 0.05) is 65.0 Å². The Morgan fingerprint density at radius 2 is 1.94 bits per heavy atom. The van der Waals surface area contributed by atoms with E-state index < -0.39 is 0 Å². The van der Waals surface area contributed by atoms with Crippen LogP contribution in [-0.2, 0) is 9.47 Å². The number of piperidine rings is 1. The van der Waals surface area contributed by atoms with Gasteiger partial charge in [-0.3, -0.25) is 4.99 Å². The number of rotatable bonds is 9. The first kappa shape index (κ1) is 27.3. The van der Waals surface area contributed by atoms with Gasteiger partial charge in [-0.1, -0.05) is 29.8 Å². The van der Waals surface area contributed by atoms with E-state index in [9.17, 15) is 0 Å². The number of benzene rings is 1.